The molecule has 30 heavy (non-hydrogen) atoms. The Morgan fingerprint density at radius 3 is 1.40 bits per heavy atom. The van der Waals surface area contributed by atoms with Crippen LogP contribution in [0.3, 0.4) is 0 Å². The lowest BCUT2D eigenvalue weighted by atomic mass is 9.62. The van der Waals surface area contributed by atoms with E-state index in [-0.39, 0.29) is 0 Å². The molecule has 0 radical (unpaired) electrons. The summed E-state index contributed by atoms with van der Waals surface area (Å²) in [5.41, 5.74) is -2.09. The van der Waals surface area contributed by atoms with Gasteiger partial charge in [0.05, 0.1) is 0 Å². The van der Waals surface area contributed by atoms with Crippen LogP contribution in [0.1, 0.15) is 105 Å². The number of hydrogen-bond donors (Lipinski definition) is 3. The van der Waals surface area contributed by atoms with Gasteiger partial charge in [0, 0.05) is 0 Å². The minimum atomic E-state index is -5.12. The van der Waals surface area contributed by atoms with Gasteiger partial charge in [-0.1, -0.05) is 91.9 Å². The Morgan fingerprint density at radius 1 is 0.767 bits per heavy atom. The van der Waals surface area contributed by atoms with Crippen LogP contribution in [-0.2, 0) is 19.7 Å². The Labute approximate surface area is 182 Å². The minimum absolute atomic E-state index is 0.398. The Bertz CT molecular complexity index is 595. The lowest BCUT2D eigenvalue weighted by Crippen LogP contribution is -2.58. The molecule has 0 aromatic carbocycles. The van der Waals surface area contributed by atoms with Gasteiger partial charge in [-0.3, -0.25) is 14.1 Å². The molecule has 0 fully saturated rings. The predicted molar refractivity (Wildman–Crippen MR) is 118 cm³/mol. The fraction of sp³-hybridized carbons (Fsp3) is 0.909. The Morgan fingerprint density at radius 2 is 1.13 bits per heavy atom. The summed E-state index contributed by atoms with van der Waals surface area (Å²) in [4.78, 5) is 24.5. The van der Waals surface area contributed by atoms with Crippen LogP contribution in [0.25, 0.3) is 0 Å². The van der Waals surface area contributed by atoms with Gasteiger partial charge < -0.3 is 10.2 Å². The number of unbranched alkanes of at least 4 members (excludes halogenated alkanes) is 8. The molecule has 3 unspecified atom stereocenters. The smallest absolute Gasteiger partial charge is 0.325 e. The van der Waals surface area contributed by atoms with E-state index in [9.17, 15) is 32.8 Å². The molecule has 0 aliphatic carbocycles. The van der Waals surface area contributed by atoms with Gasteiger partial charge in [0.1, 0.15) is 5.41 Å². The molecule has 0 spiro atoms. The van der Waals surface area contributed by atoms with Crippen LogP contribution < -0.4 is 0 Å². The zero-order chi connectivity index (χ0) is 23.4. The third-order valence-electron chi connectivity index (χ3n) is 6.44. The van der Waals surface area contributed by atoms with E-state index in [2.05, 4.69) is 13.8 Å². The number of carboxylic acid groups (broad SMARTS) is 2. The first-order valence-electron chi connectivity index (χ1n) is 11.4. The fourth-order valence-electron chi connectivity index (χ4n) is 4.70. The highest BCUT2D eigenvalue weighted by atomic mass is 32.2. The van der Waals surface area contributed by atoms with Gasteiger partial charge in [0.15, 0.2) is 5.25 Å². The van der Waals surface area contributed by atoms with Crippen molar-refractivity contribution in [3.63, 3.8) is 0 Å². The van der Waals surface area contributed by atoms with Crippen LogP contribution in [0.5, 0.6) is 0 Å². The fourth-order valence-corrected chi connectivity index (χ4v) is 6.01. The van der Waals surface area contributed by atoms with Crippen LogP contribution >= 0.6 is 0 Å². The summed E-state index contributed by atoms with van der Waals surface area (Å²) in [6.45, 7) is 7.40. The van der Waals surface area contributed by atoms with Crippen molar-refractivity contribution in [1.82, 2.24) is 0 Å². The molecule has 8 heteroatoms. The average molecular weight is 451 g/mol. The predicted octanol–water partition coefficient (Wildman–Crippen LogP) is 5.39. The highest BCUT2D eigenvalue weighted by molar-refractivity contribution is 7.87. The first-order valence-corrected chi connectivity index (χ1v) is 12.9. The second-order valence-corrected chi connectivity index (χ2v) is 10.2. The van der Waals surface area contributed by atoms with E-state index < -0.39 is 44.6 Å². The topological polar surface area (TPSA) is 129 Å². The van der Waals surface area contributed by atoms with E-state index in [4.69, 9.17) is 0 Å². The quantitative estimate of drug-likeness (QED) is 0.188. The maximum Gasteiger partial charge on any atom is 0.325 e. The normalized spacial score (nSPS) is 17.1. The van der Waals surface area contributed by atoms with E-state index in [1.54, 1.807) is 13.8 Å². The number of rotatable bonds is 18. The molecule has 3 atom stereocenters. The van der Waals surface area contributed by atoms with Crippen molar-refractivity contribution in [2.75, 3.05) is 0 Å². The third kappa shape index (κ3) is 8.17. The van der Waals surface area contributed by atoms with E-state index in [0.29, 0.717) is 25.7 Å². The van der Waals surface area contributed by atoms with Crippen LogP contribution in [0.15, 0.2) is 0 Å². The maximum atomic E-state index is 12.5. The second-order valence-electron chi connectivity index (χ2n) is 8.68. The van der Waals surface area contributed by atoms with Crippen LogP contribution in [0, 0.1) is 17.3 Å². The van der Waals surface area contributed by atoms with Crippen molar-refractivity contribution in [3.05, 3.63) is 0 Å². The van der Waals surface area contributed by atoms with E-state index >= 15 is 0 Å². The van der Waals surface area contributed by atoms with Gasteiger partial charge in [-0.05, 0) is 24.7 Å². The molecule has 0 aliphatic rings. The first kappa shape index (κ1) is 28.9. The molecule has 0 heterocycles. The molecule has 0 aliphatic heterocycles. The lowest BCUT2D eigenvalue weighted by molar-refractivity contribution is -0.164. The molecule has 7 nitrogen and oxygen atoms in total. The van der Waals surface area contributed by atoms with Crippen molar-refractivity contribution in [1.29, 1.82) is 0 Å². The monoisotopic (exact) mass is 450 g/mol. The van der Waals surface area contributed by atoms with Crippen molar-refractivity contribution < 1.29 is 32.8 Å². The van der Waals surface area contributed by atoms with Crippen LogP contribution in [-0.4, -0.2) is 40.4 Å². The summed E-state index contributed by atoms with van der Waals surface area (Å²) in [7, 11) is -5.12. The third-order valence-corrected chi connectivity index (χ3v) is 7.63. The van der Waals surface area contributed by atoms with Crippen LogP contribution in [0.4, 0.5) is 0 Å². The lowest BCUT2D eigenvalue weighted by Gasteiger charge is -2.43. The molecule has 0 aromatic rings. The number of carbonyl (C=O) groups is 2. The molecular weight excluding hydrogens is 408 g/mol. The highest BCUT2D eigenvalue weighted by Crippen LogP contribution is 2.47. The van der Waals surface area contributed by atoms with Gasteiger partial charge in [0.25, 0.3) is 10.1 Å². The molecular formula is C22H42O7S. The molecule has 0 rings (SSSR count). The minimum Gasteiger partial charge on any atom is -0.481 e. The summed E-state index contributed by atoms with van der Waals surface area (Å²) in [5.74, 6) is -4.71. The largest absolute Gasteiger partial charge is 0.481 e. The van der Waals surface area contributed by atoms with Crippen molar-refractivity contribution in [3.8, 4) is 0 Å². The summed E-state index contributed by atoms with van der Waals surface area (Å²) in [5, 5.41) is 17.5. The number of carboxylic acids is 2. The van der Waals surface area contributed by atoms with Gasteiger partial charge >= 0.3 is 11.9 Å². The highest BCUT2D eigenvalue weighted by Gasteiger charge is 2.61. The van der Waals surface area contributed by atoms with Gasteiger partial charge in [-0.25, -0.2) is 0 Å². The van der Waals surface area contributed by atoms with E-state index in [0.717, 1.165) is 51.4 Å². The molecule has 0 saturated heterocycles. The average Bonchev–Trinajstić information content (AvgIpc) is 2.63. The molecule has 0 saturated carbocycles. The second kappa shape index (κ2) is 14.0. The summed E-state index contributed by atoms with van der Waals surface area (Å²) in [6.07, 6.45) is 10.2. The van der Waals surface area contributed by atoms with Crippen LogP contribution in [0.2, 0.25) is 0 Å². The summed E-state index contributed by atoms with van der Waals surface area (Å²) >= 11 is 0. The zero-order valence-corrected chi connectivity index (χ0v) is 19.9. The van der Waals surface area contributed by atoms with E-state index in [1.165, 1.54) is 0 Å². The molecule has 0 aromatic heterocycles. The SMILES string of the molecule is CCCCCCCC(C)C(C(=O)O)(C(C)CCCCCCC)C(C(=O)O)S(=O)(=O)O. The van der Waals surface area contributed by atoms with Gasteiger partial charge in [-0.15, -0.1) is 0 Å². The van der Waals surface area contributed by atoms with Gasteiger partial charge in [-0.2, -0.15) is 8.42 Å². The standard InChI is InChI=1S/C22H42O7S/c1-5-7-9-11-13-15-17(3)22(21(25)26,19(20(23)24)30(27,28)29)18(4)16-14-12-10-8-6-2/h17-19H,5-16H2,1-4H3,(H,23,24)(H,25,26)(H,27,28,29). The molecule has 178 valence electrons. The Balaban J connectivity index is 5.86. The van der Waals surface area contributed by atoms with Crippen molar-refractivity contribution in [2.45, 2.75) is 110 Å². The Hall–Kier alpha value is -1.15. The van der Waals surface area contributed by atoms with Crippen molar-refractivity contribution in [2.24, 2.45) is 17.3 Å². The Kier molecular flexibility index (Phi) is 13.5. The summed E-state index contributed by atoms with van der Waals surface area (Å²) < 4.78 is 33.9. The van der Waals surface area contributed by atoms with Gasteiger partial charge in [0.2, 0.25) is 0 Å². The van der Waals surface area contributed by atoms with E-state index in [1.807, 2.05) is 0 Å². The summed E-state index contributed by atoms with van der Waals surface area (Å²) in [6, 6.07) is 0. The maximum absolute atomic E-state index is 12.5. The molecule has 0 bridgehead atoms. The number of hydrogen-bond acceptors (Lipinski definition) is 4. The molecule has 0 amide bonds. The van der Waals surface area contributed by atoms with Crippen molar-refractivity contribution >= 4 is 22.1 Å². The first-order chi connectivity index (χ1) is 14.0. The molecule has 3 N–H and O–H groups in total. The zero-order valence-electron chi connectivity index (χ0n) is 19.1. The number of aliphatic carboxylic acids is 2.